The van der Waals surface area contributed by atoms with Crippen LogP contribution >= 0.6 is 37.9 Å². The Labute approximate surface area is 76.2 Å². The first-order chi connectivity index (χ1) is 4.61. The maximum atomic E-state index is 5.56. The maximum absolute atomic E-state index is 5.56. The summed E-state index contributed by atoms with van der Waals surface area (Å²) < 4.78 is 0. The van der Waals surface area contributed by atoms with Crippen LogP contribution in [-0.2, 0) is 0 Å². The molecule has 54 valence electrons. The Morgan fingerprint density at radius 1 is 1.00 bits per heavy atom. The first-order valence-electron chi connectivity index (χ1n) is 2.61. The van der Waals surface area contributed by atoms with E-state index in [9.17, 15) is 0 Å². The number of nitrogen functional groups attached to an aromatic ring is 1. The molecule has 0 bridgehead atoms. The third-order valence-electron chi connectivity index (χ3n) is 1.12. The maximum Gasteiger partial charge on any atom is 0.0585 e. The van der Waals surface area contributed by atoms with Gasteiger partial charge in [0.1, 0.15) is 0 Å². The van der Waals surface area contributed by atoms with Gasteiger partial charge in [-0.3, -0.25) is 0 Å². The molecule has 2 N–H and O–H groups in total. The molecule has 0 aromatic heterocycles. The zero-order valence-corrected chi connectivity index (χ0v) is 7.76. The Hall–Kier alpha value is 0.0700. The van der Waals surface area contributed by atoms with Gasteiger partial charge in [-0.1, -0.05) is 0 Å². The number of benzene rings is 1. The summed E-state index contributed by atoms with van der Waals surface area (Å²) in [5.41, 5.74) is 6.17. The molecule has 1 nitrogen and oxygen atoms in total. The highest BCUT2D eigenvalue weighted by molar-refractivity contribution is 7.82. The van der Waals surface area contributed by atoms with E-state index in [2.05, 4.69) is 37.9 Å². The minimum absolute atomic E-state index is 0.601. The van der Waals surface area contributed by atoms with Gasteiger partial charge in [0.05, 0.1) is 5.69 Å². The minimum atomic E-state index is 0.601. The van der Waals surface area contributed by atoms with Gasteiger partial charge in [0.25, 0.3) is 0 Å². The van der Waals surface area contributed by atoms with Crippen molar-refractivity contribution >= 4 is 43.6 Å². The van der Waals surface area contributed by atoms with Gasteiger partial charge in [-0.25, -0.2) is 0 Å². The molecule has 0 aliphatic heterocycles. The Morgan fingerprint density at radius 3 is 1.80 bits per heavy atom. The van der Waals surface area contributed by atoms with Gasteiger partial charge >= 0.3 is 0 Å². The van der Waals surface area contributed by atoms with Crippen molar-refractivity contribution in [1.82, 2.24) is 0 Å². The average Bonchev–Trinajstić information content (AvgIpc) is 1.82. The van der Waals surface area contributed by atoms with Crippen molar-refractivity contribution in [2.24, 2.45) is 0 Å². The van der Waals surface area contributed by atoms with Crippen LogP contribution in [0.25, 0.3) is 0 Å². The highest BCUT2D eigenvalue weighted by atomic mass is 32.1. The molecule has 0 spiro atoms. The molecule has 0 radical (unpaired) electrons. The van der Waals surface area contributed by atoms with E-state index in [-0.39, 0.29) is 0 Å². The SMILES string of the molecule is Nc1c(S)cc(S)cc1S. The van der Waals surface area contributed by atoms with Crippen molar-refractivity contribution in [3.63, 3.8) is 0 Å². The molecule has 1 aromatic rings. The topological polar surface area (TPSA) is 26.0 Å². The van der Waals surface area contributed by atoms with E-state index in [0.717, 1.165) is 14.7 Å². The highest BCUT2D eigenvalue weighted by Gasteiger charge is 1.99. The molecule has 4 heteroatoms. The standard InChI is InChI=1S/C6H7NS3/c7-6-4(9)1-3(8)2-5(6)10/h1-2,8-10H,7H2. The monoisotopic (exact) mass is 189 g/mol. The molecule has 0 fully saturated rings. The second kappa shape index (κ2) is 2.98. The van der Waals surface area contributed by atoms with Crippen LogP contribution in [0.15, 0.2) is 26.8 Å². The average molecular weight is 189 g/mol. The molecular weight excluding hydrogens is 182 g/mol. The third kappa shape index (κ3) is 1.56. The normalized spacial score (nSPS) is 9.90. The van der Waals surface area contributed by atoms with Gasteiger partial charge in [-0.15, -0.1) is 37.9 Å². The van der Waals surface area contributed by atoms with Gasteiger partial charge < -0.3 is 5.73 Å². The van der Waals surface area contributed by atoms with E-state index < -0.39 is 0 Å². The molecule has 10 heavy (non-hydrogen) atoms. The molecule has 0 unspecified atom stereocenters. The van der Waals surface area contributed by atoms with Crippen LogP contribution in [0.4, 0.5) is 5.69 Å². The summed E-state index contributed by atoms with van der Waals surface area (Å²) >= 11 is 12.3. The van der Waals surface area contributed by atoms with Crippen molar-refractivity contribution in [3.8, 4) is 0 Å². The highest BCUT2D eigenvalue weighted by Crippen LogP contribution is 2.27. The lowest BCUT2D eigenvalue weighted by Crippen LogP contribution is -1.88. The van der Waals surface area contributed by atoms with Crippen molar-refractivity contribution < 1.29 is 0 Å². The van der Waals surface area contributed by atoms with E-state index in [0.29, 0.717) is 5.69 Å². The predicted octanol–water partition coefficient (Wildman–Crippen LogP) is 2.13. The van der Waals surface area contributed by atoms with Crippen LogP contribution in [0.1, 0.15) is 0 Å². The molecule has 0 heterocycles. The summed E-state index contributed by atoms with van der Waals surface area (Å²) in [5, 5.41) is 0. The first kappa shape index (κ1) is 8.17. The van der Waals surface area contributed by atoms with Crippen LogP contribution in [-0.4, -0.2) is 0 Å². The van der Waals surface area contributed by atoms with E-state index >= 15 is 0 Å². The van der Waals surface area contributed by atoms with Crippen molar-refractivity contribution in [2.45, 2.75) is 14.7 Å². The van der Waals surface area contributed by atoms with Gasteiger partial charge in [0.2, 0.25) is 0 Å². The van der Waals surface area contributed by atoms with E-state index in [4.69, 9.17) is 5.73 Å². The fourth-order valence-electron chi connectivity index (χ4n) is 0.609. The van der Waals surface area contributed by atoms with Crippen molar-refractivity contribution in [3.05, 3.63) is 12.1 Å². The summed E-state index contributed by atoms with van der Waals surface area (Å²) in [6.07, 6.45) is 0. The lowest BCUT2D eigenvalue weighted by molar-refractivity contribution is 1.26. The summed E-state index contributed by atoms with van der Waals surface area (Å²) in [6.45, 7) is 0. The molecule has 1 rings (SSSR count). The quantitative estimate of drug-likeness (QED) is 0.365. The molecule has 1 aromatic carbocycles. The minimum Gasteiger partial charge on any atom is -0.397 e. The van der Waals surface area contributed by atoms with Crippen LogP contribution < -0.4 is 5.73 Å². The lowest BCUT2D eigenvalue weighted by atomic mass is 10.3. The number of nitrogens with two attached hydrogens (primary N) is 1. The van der Waals surface area contributed by atoms with Crippen molar-refractivity contribution in [1.29, 1.82) is 0 Å². The molecular formula is C6H7NS3. The van der Waals surface area contributed by atoms with Gasteiger partial charge in [-0.05, 0) is 12.1 Å². The van der Waals surface area contributed by atoms with Gasteiger partial charge in [0, 0.05) is 14.7 Å². The second-order valence-electron chi connectivity index (χ2n) is 1.90. The summed E-state index contributed by atoms with van der Waals surface area (Å²) in [6, 6.07) is 3.56. The molecule has 0 aliphatic carbocycles. The fourth-order valence-corrected chi connectivity index (χ4v) is 1.68. The Bertz CT molecular complexity index is 236. The fraction of sp³-hybridized carbons (Fsp3) is 0. The van der Waals surface area contributed by atoms with E-state index in [1.807, 2.05) is 0 Å². The predicted molar refractivity (Wildman–Crippen MR) is 52.6 cm³/mol. The third-order valence-corrected chi connectivity index (χ3v) is 2.12. The first-order valence-corrected chi connectivity index (χ1v) is 3.96. The molecule has 0 aliphatic rings. The van der Waals surface area contributed by atoms with Crippen LogP contribution in [0.3, 0.4) is 0 Å². The zero-order valence-electron chi connectivity index (χ0n) is 5.07. The lowest BCUT2D eigenvalue weighted by Gasteiger charge is -2.02. The Morgan fingerprint density at radius 2 is 1.40 bits per heavy atom. The van der Waals surface area contributed by atoms with Crippen LogP contribution in [0.2, 0.25) is 0 Å². The van der Waals surface area contributed by atoms with Crippen LogP contribution in [0, 0.1) is 0 Å². The summed E-state index contributed by atoms with van der Waals surface area (Å²) in [5.74, 6) is 0. The second-order valence-corrected chi connectivity index (χ2v) is 3.38. The summed E-state index contributed by atoms with van der Waals surface area (Å²) in [7, 11) is 0. The Kier molecular flexibility index (Phi) is 2.44. The van der Waals surface area contributed by atoms with Gasteiger partial charge in [0.15, 0.2) is 0 Å². The molecule has 0 saturated carbocycles. The number of hydrogen-bond donors (Lipinski definition) is 4. The Balaban J connectivity index is 3.31. The number of thiol groups is 3. The molecule has 0 amide bonds. The smallest absolute Gasteiger partial charge is 0.0585 e. The molecule has 0 saturated heterocycles. The van der Waals surface area contributed by atoms with Crippen molar-refractivity contribution in [2.75, 3.05) is 5.73 Å². The number of hydrogen-bond acceptors (Lipinski definition) is 4. The van der Waals surface area contributed by atoms with Gasteiger partial charge in [-0.2, -0.15) is 0 Å². The van der Waals surface area contributed by atoms with E-state index in [1.165, 1.54) is 0 Å². The number of anilines is 1. The largest absolute Gasteiger partial charge is 0.397 e. The van der Waals surface area contributed by atoms with Crippen LogP contribution in [0.5, 0.6) is 0 Å². The number of rotatable bonds is 0. The van der Waals surface area contributed by atoms with E-state index in [1.54, 1.807) is 12.1 Å². The summed E-state index contributed by atoms with van der Waals surface area (Å²) in [4.78, 5) is 2.26. The molecule has 0 atom stereocenters. The zero-order chi connectivity index (χ0) is 7.72.